The standard InChI is InChI=1S/C23H24FNO/c1-3-16-14-17(21-15(2)10-11-23(21)12-13-23)8-9-20(16)25-22(26)18-6-4-5-7-19(18)24/h4-9,14H,3,10-13H2,1-2H3,(H,25,26). The third-order valence-electron chi connectivity index (χ3n) is 5.93. The number of amides is 1. The van der Waals surface area contributed by atoms with E-state index in [4.69, 9.17) is 0 Å². The van der Waals surface area contributed by atoms with Crippen molar-refractivity contribution in [1.29, 1.82) is 0 Å². The van der Waals surface area contributed by atoms with E-state index in [1.807, 2.05) is 6.07 Å². The van der Waals surface area contributed by atoms with Crippen LogP contribution in [0.5, 0.6) is 0 Å². The summed E-state index contributed by atoms with van der Waals surface area (Å²) in [5.74, 6) is -0.900. The predicted octanol–water partition coefficient (Wildman–Crippen LogP) is 5.99. The average molecular weight is 349 g/mol. The van der Waals surface area contributed by atoms with E-state index in [-0.39, 0.29) is 5.56 Å². The van der Waals surface area contributed by atoms with Crippen molar-refractivity contribution in [3.05, 3.63) is 70.5 Å². The molecule has 0 unspecified atom stereocenters. The van der Waals surface area contributed by atoms with Crippen LogP contribution in [0.1, 0.15) is 61.0 Å². The number of hydrogen-bond donors (Lipinski definition) is 1. The van der Waals surface area contributed by atoms with Gasteiger partial charge in [0.25, 0.3) is 5.91 Å². The maximum Gasteiger partial charge on any atom is 0.258 e. The van der Waals surface area contributed by atoms with Crippen molar-refractivity contribution >= 4 is 17.2 Å². The molecule has 2 nitrogen and oxygen atoms in total. The quantitative estimate of drug-likeness (QED) is 0.722. The van der Waals surface area contributed by atoms with Crippen molar-refractivity contribution in [2.45, 2.75) is 46.0 Å². The Morgan fingerprint density at radius 1 is 1.15 bits per heavy atom. The fourth-order valence-electron chi connectivity index (χ4n) is 4.33. The summed E-state index contributed by atoms with van der Waals surface area (Å²) < 4.78 is 13.9. The van der Waals surface area contributed by atoms with E-state index in [0.717, 1.165) is 17.7 Å². The van der Waals surface area contributed by atoms with E-state index >= 15 is 0 Å². The summed E-state index contributed by atoms with van der Waals surface area (Å²) >= 11 is 0. The molecule has 0 aromatic heterocycles. The van der Waals surface area contributed by atoms with Crippen molar-refractivity contribution in [2.24, 2.45) is 5.41 Å². The van der Waals surface area contributed by atoms with Gasteiger partial charge in [-0.1, -0.05) is 30.7 Å². The maximum absolute atomic E-state index is 13.9. The summed E-state index contributed by atoms with van der Waals surface area (Å²) in [7, 11) is 0. The lowest BCUT2D eigenvalue weighted by Crippen LogP contribution is -2.15. The highest BCUT2D eigenvalue weighted by Gasteiger charge is 2.49. The van der Waals surface area contributed by atoms with Crippen molar-refractivity contribution in [1.82, 2.24) is 0 Å². The number of rotatable bonds is 4. The predicted molar refractivity (Wildman–Crippen MR) is 104 cm³/mol. The number of benzene rings is 2. The van der Waals surface area contributed by atoms with Gasteiger partial charge in [0, 0.05) is 5.69 Å². The molecule has 2 aliphatic carbocycles. The van der Waals surface area contributed by atoms with Gasteiger partial charge < -0.3 is 5.32 Å². The molecule has 2 aromatic carbocycles. The lowest BCUT2D eigenvalue weighted by molar-refractivity contribution is 0.102. The first-order chi connectivity index (χ1) is 12.5. The van der Waals surface area contributed by atoms with E-state index in [1.54, 1.807) is 12.1 Å². The maximum atomic E-state index is 13.9. The molecule has 0 radical (unpaired) electrons. The molecule has 0 saturated heterocycles. The normalized spacial score (nSPS) is 17.7. The number of nitrogens with one attached hydrogen (secondary N) is 1. The third-order valence-corrected chi connectivity index (χ3v) is 5.93. The highest BCUT2D eigenvalue weighted by molar-refractivity contribution is 6.05. The topological polar surface area (TPSA) is 29.1 Å². The summed E-state index contributed by atoms with van der Waals surface area (Å²) in [4.78, 5) is 12.4. The molecule has 0 bridgehead atoms. The Labute approximate surface area is 154 Å². The zero-order chi connectivity index (χ0) is 18.3. The monoisotopic (exact) mass is 349 g/mol. The minimum Gasteiger partial charge on any atom is -0.322 e. The number of anilines is 1. The molecule has 0 heterocycles. The lowest BCUT2D eigenvalue weighted by atomic mass is 9.89. The van der Waals surface area contributed by atoms with E-state index in [9.17, 15) is 9.18 Å². The van der Waals surface area contributed by atoms with Gasteiger partial charge in [-0.2, -0.15) is 0 Å². The van der Waals surface area contributed by atoms with Crippen LogP contribution < -0.4 is 5.32 Å². The molecule has 2 aliphatic rings. The number of carbonyl (C=O) groups is 1. The van der Waals surface area contributed by atoms with Gasteiger partial charge in [-0.05, 0) is 85.4 Å². The number of halogens is 1. The molecule has 0 aliphatic heterocycles. The fourth-order valence-corrected chi connectivity index (χ4v) is 4.33. The van der Waals surface area contributed by atoms with Gasteiger partial charge in [-0.25, -0.2) is 4.39 Å². The van der Waals surface area contributed by atoms with Crippen LogP contribution in [-0.2, 0) is 6.42 Å². The van der Waals surface area contributed by atoms with E-state index in [0.29, 0.717) is 5.41 Å². The molecule has 1 spiro atoms. The molecule has 2 aromatic rings. The number of carbonyl (C=O) groups excluding carboxylic acids is 1. The van der Waals surface area contributed by atoms with Gasteiger partial charge in [0.1, 0.15) is 5.82 Å². The van der Waals surface area contributed by atoms with Crippen LogP contribution in [-0.4, -0.2) is 5.91 Å². The van der Waals surface area contributed by atoms with Gasteiger partial charge in [-0.3, -0.25) is 4.79 Å². The molecule has 4 rings (SSSR count). The van der Waals surface area contributed by atoms with Gasteiger partial charge in [0.2, 0.25) is 0 Å². The molecule has 1 saturated carbocycles. The molecule has 26 heavy (non-hydrogen) atoms. The van der Waals surface area contributed by atoms with E-state index in [1.165, 1.54) is 54.5 Å². The van der Waals surface area contributed by atoms with Gasteiger partial charge in [0.05, 0.1) is 5.56 Å². The smallest absolute Gasteiger partial charge is 0.258 e. The zero-order valence-corrected chi connectivity index (χ0v) is 15.4. The first-order valence-electron chi connectivity index (χ1n) is 9.43. The largest absolute Gasteiger partial charge is 0.322 e. The molecule has 134 valence electrons. The van der Waals surface area contributed by atoms with Crippen molar-refractivity contribution in [2.75, 3.05) is 5.32 Å². The SMILES string of the molecule is CCc1cc(C2=C(C)CCC23CC3)ccc1NC(=O)c1ccccc1F. The van der Waals surface area contributed by atoms with Crippen molar-refractivity contribution in [3.8, 4) is 0 Å². The molecule has 1 amide bonds. The highest BCUT2D eigenvalue weighted by atomic mass is 19.1. The second-order valence-electron chi connectivity index (χ2n) is 7.60. The molecular weight excluding hydrogens is 325 g/mol. The first-order valence-corrected chi connectivity index (χ1v) is 9.43. The van der Waals surface area contributed by atoms with Crippen LogP contribution in [0.25, 0.3) is 5.57 Å². The van der Waals surface area contributed by atoms with Gasteiger partial charge in [0.15, 0.2) is 0 Å². The van der Waals surface area contributed by atoms with E-state index in [2.05, 4.69) is 31.3 Å². The molecular formula is C23H24FNO. The van der Waals surface area contributed by atoms with Crippen LogP contribution in [0.15, 0.2) is 48.0 Å². The average Bonchev–Trinajstić information content (AvgIpc) is 3.34. The Morgan fingerprint density at radius 3 is 2.62 bits per heavy atom. The summed E-state index contributed by atoms with van der Waals surface area (Å²) in [5, 5.41) is 2.89. The zero-order valence-electron chi connectivity index (χ0n) is 15.4. The second-order valence-corrected chi connectivity index (χ2v) is 7.60. The Hall–Kier alpha value is -2.42. The number of aryl methyl sites for hydroxylation is 1. The van der Waals surface area contributed by atoms with Crippen molar-refractivity contribution < 1.29 is 9.18 Å². The summed E-state index contributed by atoms with van der Waals surface area (Å²) in [5.41, 5.74) is 6.68. The minimum absolute atomic E-state index is 0.0740. The van der Waals surface area contributed by atoms with E-state index < -0.39 is 11.7 Å². The minimum atomic E-state index is -0.498. The highest BCUT2D eigenvalue weighted by Crippen LogP contribution is 2.64. The summed E-state index contributed by atoms with van der Waals surface area (Å²) in [6.45, 7) is 4.34. The fraction of sp³-hybridized carbons (Fsp3) is 0.348. The number of hydrogen-bond acceptors (Lipinski definition) is 1. The molecule has 1 N–H and O–H groups in total. The summed E-state index contributed by atoms with van der Waals surface area (Å²) in [6, 6.07) is 12.4. The van der Waals surface area contributed by atoms with Crippen LogP contribution in [0.2, 0.25) is 0 Å². The third kappa shape index (κ3) is 2.86. The van der Waals surface area contributed by atoms with Crippen LogP contribution in [0.3, 0.4) is 0 Å². The molecule has 1 fully saturated rings. The molecule has 3 heteroatoms. The number of allylic oxidation sites excluding steroid dienone is 2. The molecule has 0 atom stereocenters. The van der Waals surface area contributed by atoms with Gasteiger partial charge in [-0.15, -0.1) is 0 Å². The Bertz CT molecular complexity index is 908. The second kappa shape index (κ2) is 6.39. The Balaban J connectivity index is 1.64. The Morgan fingerprint density at radius 2 is 1.92 bits per heavy atom. The van der Waals surface area contributed by atoms with Crippen LogP contribution >= 0.6 is 0 Å². The summed E-state index contributed by atoms with van der Waals surface area (Å²) in [6.07, 6.45) is 5.89. The van der Waals surface area contributed by atoms with Crippen LogP contribution in [0.4, 0.5) is 10.1 Å². The van der Waals surface area contributed by atoms with Crippen LogP contribution in [0, 0.1) is 11.2 Å². The Kier molecular flexibility index (Phi) is 4.18. The lowest BCUT2D eigenvalue weighted by Gasteiger charge is -2.17. The van der Waals surface area contributed by atoms with Crippen molar-refractivity contribution in [3.63, 3.8) is 0 Å². The first kappa shape index (κ1) is 17.0. The van der Waals surface area contributed by atoms with Gasteiger partial charge >= 0.3 is 0 Å².